The number of esters is 4. The second-order valence-corrected chi connectivity index (χ2v) is 30.5. The summed E-state index contributed by atoms with van der Waals surface area (Å²) in [4.78, 5) is 72.7. The molecule has 3 N–H and O–H groups in total. The summed E-state index contributed by atoms with van der Waals surface area (Å²) in [6.07, 6.45) is 58.1. The quantitative estimate of drug-likeness (QED) is 0.0222. The second kappa shape index (κ2) is 69.2. The van der Waals surface area contributed by atoms with Crippen molar-refractivity contribution in [3.8, 4) is 0 Å². The molecule has 3 unspecified atom stereocenters. The fourth-order valence-corrected chi connectivity index (χ4v) is 13.3. The Kier molecular flexibility index (Phi) is 67.7. The normalized spacial score (nSPS) is 14.2. The molecule has 6 atom stereocenters. The summed E-state index contributed by atoms with van der Waals surface area (Å²) in [7, 11) is -9.91. The van der Waals surface area contributed by atoms with Crippen molar-refractivity contribution in [2.45, 2.75) is 419 Å². The molecule has 0 aromatic carbocycles. The van der Waals surface area contributed by atoms with Crippen LogP contribution in [0.15, 0.2) is 0 Å². The smallest absolute Gasteiger partial charge is 0.462 e. The van der Waals surface area contributed by atoms with Crippen LogP contribution in [-0.2, 0) is 65.4 Å². The van der Waals surface area contributed by atoms with E-state index >= 15 is 0 Å². The van der Waals surface area contributed by atoms with E-state index in [1.165, 1.54) is 218 Å². The van der Waals surface area contributed by atoms with E-state index in [0.29, 0.717) is 25.7 Å². The maximum absolute atomic E-state index is 13.1. The predicted molar refractivity (Wildman–Crippen MR) is 386 cm³/mol. The van der Waals surface area contributed by atoms with Gasteiger partial charge in [-0.15, -0.1) is 0 Å². The molecule has 0 aromatic heterocycles. The fraction of sp³-hybridized carbons (Fsp3) is 0.947. The lowest BCUT2D eigenvalue weighted by Crippen LogP contribution is -2.30. The summed E-state index contributed by atoms with van der Waals surface area (Å²) in [6.45, 7) is 7.33. The van der Waals surface area contributed by atoms with Crippen molar-refractivity contribution in [1.29, 1.82) is 0 Å². The van der Waals surface area contributed by atoms with Gasteiger partial charge in [0.25, 0.3) is 0 Å². The molecule has 0 aliphatic heterocycles. The SMILES string of the molecule is CCCCCCCCCCCCCCCCCCC(=O)OC[C@H](COP(=O)(O)OC[C@@H](O)COP(=O)(O)OC[C@@H](COC(=O)CCCCCCCCCC)OC(=O)CCCCCCCCCCCCCCC)OC(=O)CCCCCCCCCCCCCCCCC(C)CC. The molecule has 19 heteroatoms. The molecule has 0 amide bonds. The first-order chi connectivity index (χ1) is 46.1. The van der Waals surface area contributed by atoms with Crippen molar-refractivity contribution in [3.05, 3.63) is 0 Å². The highest BCUT2D eigenvalue weighted by molar-refractivity contribution is 7.47. The molecular formula is C76H148O17P2. The third-order valence-corrected chi connectivity index (χ3v) is 20.0. The first-order valence-electron chi connectivity index (χ1n) is 39.7. The van der Waals surface area contributed by atoms with Crippen molar-refractivity contribution in [2.24, 2.45) is 5.92 Å². The minimum Gasteiger partial charge on any atom is -0.462 e. The van der Waals surface area contributed by atoms with Gasteiger partial charge in [0.15, 0.2) is 12.2 Å². The summed E-state index contributed by atoms with van der Waals surface area (Å²) < 4.78 is 68.5. The number of unbranched alkanes of at least 4 members (excludes halogenated alkanes) is 47. The Balaban J connectivity index is 5.21. The van der Waals surface area contributed by atoms with Gasteiger partial charge in [0.1, 0.15) is 19.3 Å². The summed E-state index contributed by atoms with van der Waals surface area (Å²) in [5.74, 6) is -1.27. The van der Waals surface area contributed by atoms with Gasteiger partial charge in [-0.25, -0.2) is 9.13 Å². The van der Waals surface area contributed by atoms with Crippen LogP contribution in [0.1, 0.15) is 401 Å². The third-order valence-electron chi connectivity index (χ3n) is 18.1. The lowest BCUT2D eigenvalue weighted by molar-refractivity contribution is -0.161. The van der Waals surface area contributed by atoms with Crippen molar-refractivity contribution in [1.82, 2.24) is 0 Å². The van der Waals surface area contributed by atoms with Gasteiger partial charge in [-0.05, 0) is 31.6 Å². The van der Waals surface area contributed by atoms with Crippen molar-refractivity contribution in [3.63, 3.8) is 0 Å². The Morgan fingerprint density at radius 3 is 0.747 bits per heavy atom. The molecule has 0 saturated carbocycles. The van der Waals surface area contributed by atoms with E-state index in [-0.39, 0.29) is 25.7 Å². The van der Waals surface area contributed by atoms with Crippen LogP contribution in [0.25, 0.3) is 0 Å². The number of hydrogen-bond acceptors (Lipinski definition) is 15. The Morgan fingerprint density at radius 2 is 0.505 bits per heavy atom. The Bertz CT molecular complexity index is 1820. The van der Waals surface area contributed by atoms with Gasteiger partial charge in [-0.3, -0.25) is 37.3 Å². The zero-order chi connectivity index (χ0) is 69.8. The highest BCUT2D eigenvalue weighted by atomic mass is 31.2. The number of phosphoric acid groups is 2. The molecule has 0 heterocycles. The van der Waals surface area contributed by atoms with E-state index in [0.717, 1.165) is 102 Å². The van der Waals surface area contributed by atoms with Gasteiger partial charge in [-0.2, -0.15) is 0 Å². The Morgan fingerprint density at radius 1 is 0.295 bits per heavy atom. The van der Waals surface area contributed by atoms with E-state index < -0.39 is 97.5 Å². The van der Waals surface area contributed by atoms with Gasteiger partial charge in [-0.1, -0.05) is 349 Å². The summed E-state index contributed by atoms with van der Waals surface area (Å²) in [5.41, 5.74) is 0. The van der Waals surface area contributed by atoms with Crippen LogP contribution >= 0.6 is 15.6 Å². The van der Waals surface area contributed by atoms with Crippen LogP contribution in [0.4, 0.5) is 0 Å². The molecule has 564 valence electrons. The summed E-state index contributed by atoms with van der Waals surface area (Å²) in [5, 5.41) is 10.6. The fourth-order valence-electron chi connectivity index (χ4n) is 11.7. The maximum atomic E-state index is 13.1. The average molecular weight is 1400 g/mol. The molecule has 0 radical (unpaired) electrons. The molecule has 0 rings (SSSR count). The lowest BCUT2D eigenvalue weighted by atomic mass is 9.99. The third kappa shape index (κ3) is 69.0. The van der Waals surface area contributed by atoms with E-state index in [1.54, 1.807) is 0 Å². The predicted octanol–water partition coefficient (Wildman–Crippen LogP) is 22.5. The minimum absolute atomic E-state index is 0.108. The number of carbonyl (C=O) groups is 4. The molecule has 0 spiro atoms. The number of carbonyl (C=O) groups excluding carboxylic acids is 4. The average Bonchev–Trinajstić information content (AvgIpc) is 1.97. The summed E-state index contributed by atoms with van der Waals surface area (Å²) in [6, 6.07) is 0. The number of aliphatic hydroxyl groups is 1. The molecule has 0 bridgehead atoms. The number of phosphoric ester groups is 2. The first-order valence-corrected chi connectivity index (χ1v) is 42.7. The number of aliphatic hydroxyl groups excluding tert-OH is 1. The van der Waals surface area contributed by atoms with Gasteiger partial charge >= 0.3 is 39.5 Å². The Hall–Kier alpha value is -1.94. The van der Waals surface area contributed by atoms with E-state index in [2.05, 4.69) is 34.6 Å². The monoisotopic (exact) mass is 1400 g/mol. The van der Waals surface area contributed by atoms with Crippen LogP contribution in [0, 0.1) is 5.92 Å². The van der Waals surface area contributed by atoms with Crippen molar-refractivity contribution < 1.29 is 80.2 Å². The van der Waals surface area contributed by atoms with Gasteiger partial charge in [0, 0.05) is 25.7 Å². The van der Waals surface area contributed by atoms with E-state index in [1.807, 2.05) is 0 Å². The van der Waals surface area contributed by atoms with Gasteiger partial charge in [0.2, 0.25) is 0 Å². The van der Waals surface area contributed by atoms with Crippen LogP contribution in [0.3, 0.4) is 0 Å². The second-order valence-electron chi connectivity index (χ2n) is 27.6. The van der Waals surface area contributed by atoms with Crippen LogP contribution in [-0.4, -0.2) is 96.7 Å². The molecule has 0 saturated heterocycles. The van der Waals surface area contributed by atoms with Crippen molar-refractivity contribution in [2.75, 3.05) is 39.6 Å². The molecule has 17 nitrogen and oxygen atoms in total. The van der Waals surface area contributed by atoms with Crippen LogP contribution < -0.4 is 0 Å². The number of ether oxygens (including phenoxy) is 4. The van der Waals surface area contributed by atoms with Crippen LogP contribution in [0.5, 0.6) is 0 Å². The topological polar surface area (TPSA) is 237 Å². The highest BCUT2D eigenvalue weighted by Crippen LogP contribution is 2.45. The van der Waals surface area contributed by atoms with E-state index in [9.17, 15) is 43.2 Å². The molecule has 0 aliphatic carbocycles. The minimum atomic E-state index is -4.96. The zero-order valence-corrected chi connectivity index (χ0v) is 63.6. The summed E-state index contributed by atoms with van der Waals surface area (Å²) >= 11 is 0. The molecule has 95 heavy (non-hydrogen) atoms. The Labute approximate surface area is 581 Å². The van der Waals surface area contributed by atoms with E-state index in [4.69, 9.17) is 37.0 Å². The standard InChI is InChI=1S/C76H148O17P2/c1-6-10-13-16-19-22-24-26-27-28-33-36-40-45-50-55-60-74(79)87-66-72(93-76(81)62-57-52-47-42-38-34-30-29-32-35-39-43-48-53-58-69(5)9-4)68-91-95(84,85)89-64-70(77)63-88-94(82,83)90-67-71(65-86-73(78)59-54-49-44-21-18-15-12-8-3)92-75(80)61-56-51-46-41-37-31-25-23-20-17-14-11-7-2/h69-72,77H,6-68H2,1-5H3,(H,82,83)(H,84,85)/t69?,70-,71+,72+/m0/s1. The number of hydrogen-bond donors (Lipinski definition) is 3. The van der Waals surface area contributed by atoms with Crippen molar-refractivity contribution >= 4 is 39.5 Å². The molecular weight excluding hydrogens is 1250 g/mol. The first kappa shape index (κ1) is 93.1. The van der Waals surface area contributed by atoms with Gasteiger partial charge < -0.3 is 33.8 Å². The lowest BCUT2D eigenvalue weighted by Gasteiger charge is -2.21. The largest absolute Gasteiger partial charge is 0.472 e. The number of rotatable bonds is 76. The van der Waals surface area contributed by atoms with Crippen LogP contribution in [0.2, 0.25) is 0 Å². The molecule has 0 aliphatic rings. The highest BCUT2D eigenvalue weighted by Gasteiger charge is 2.30. The maximum Gasteiger partial charge on any atom is 0.472 e. The zero-order valence-electron chi connectivity index (χ0n) is 61.8. The van der Waals surface area contributed by atoms with Gasteiger partial charge in [0.05, 0.1) is 26.4 Å². The molecule has 0 fully saturated rings. The molecule has 0 aromatic rings.